The van der Waals surface area contributed by atoms with Crippen molar-refractivity contribution in [3.63, 3.8) is 0 Å². The Kier molecular flexibility index (Phi) is 3.63. The number of carbonyl (C=O) groups excluding carboxylic acids is 1. The summed E-state index contributed by atoms with van der Waals surface area (Å²) in [6.07, 6.45) is 1.69. The van der Waals surface area contributed by atoms with Crippen LogP contribution < -0.4 is 5.73 Å². The number of amides is 1. The number of nitrogens with two attached hydrogens (primary N) is 1. The Morgan fingerprint density at radius 2 is 2.21 bits per heavy atom. The third kappa shape index (κ3) is 2.54. The van der Waals surface area contributed by atoms with Crippen LogP contribution >= 0.6 is 11.3 Å². The fourth-order valence-electron chi connectivity index (χ4n) is 1.27. The molecule has 0 bridgehead atoms. The first-order valence-corrected chi connectivity index (χ1v) is 5.64. The molecule has 0 saturated carbocycles. The standard InChI is InChI=1S/C10H16N2OS/c1-4-7-9(10(11)13)14-8(12-7)5-6(2)3/h6H,4-5H2,1-3H3,(H2,11,13). The molecule has 0 fully saturated rings. The van der Waals surface area contributed by atoms with Gasteiger partial charge in [0.05, 0.1) is 10.7 Å². The fraction of sp³-hybridized carbons (Fsp3) is 0.600. The Labute approximate surface area is 88.3 Å². The highest BCUT2D eigenvalue weighted by molar-refractivity contribution is 7.13. The minimum atomic E-state index is -0.352. The summed E-state index contributed by atoms with van der Waals surface area (Å²) in [5.74, 6) is 0.209. The molecule has 0 saturated heterocycles. The topological polar surface area (TPSA) is 56.0 Å². The number of primary amides is 1. The van der Waals surface area contributed by atoms with E-state index in [-0.39, 0.29) is 5.91 Å². The lowest BCUT2D eigenvalue weighted by atomic mass is 10.1. The second-order valence-corrected chi connectivity index (χ2v) is 4.78. The van der Waals surface area contributed by atoms with E-state index in [1.807, 2.05) is 6.92 Å². The minimum Gasteiger partial charge on any atom is -0.365 e. The van der Waals surface area contributed by atoms with Crippen LogP contribution in [0.15, 0.2) is 0 Å². The molecule has 0 aliphatic heterocycles. The van der Waals surface area contributed by atoms with Crippen molar-refractivity contribution in [1.82, 2.24) is 4.98 Å². The molecule has 14 heavy (non-hydrogen) atoms. The zero-order valence-electron chi connectivity index (χ0n) is 8.83. The van der Waals surface area contributed by atoms with Crippen LogP contribution in [0.1, 0.15) is 41.1 Å². The van der Waals surface area contributed by atoms with E-state index in [9.17, 15) is 4.79 Å². The van der Waals surface area contributed by atoms with Gasteiger partial charge in [-0.05, 0) is 12.3 Å². The first-order valence-electron chi connectivity index (χ1n) is 4.83. The van der Waals surface area contributed by atoms with Gasteiger partial charge in [0.2, 0.25) is 0 Å². The molecule has 0 aliphatic carbocycles. The summed E-state index contributed by atoms with van der Waals surface area (Å²) in [4.78, 5) is 16.1. The van der Waals surface area contributed by atoms with E-state index in [0.29, 0.717) is 10.8 Å². The molecule has 0 spiro atoms. The van der Waals surface area contributed by atoms with E-state index >= 15 is 0 Å². The largest absolute Gasteiger partial charge is 0.365 e. The van der Waals surface area contributed by atoms with Crippen molar-refractivity contribution in [2.45, 2.75) is 33.6 Å². The minimum absolute atomic E-state index is 0.352. The highest BCUT2D eigenvalue weighted by Gasteiger charge is 2.14. The van der Waals surface area contributed by atoms with Gasteiger partial charge in [-0.25, -0.2) is 4.98 Å². The molecule has 0 unspecified atom stereocenters. The van der Waals surface area contributed by atoms with Gasteiger partial charge in [-0.15, -0.1) is 11.3 Å². The van der Waals surface area contributed by atoms with Gasteiger partial charge in [0.1, 0.15) is 4.88 Å². The number of rotatable bonds is 4. The monoisotopic (exact) mass is 212 g/mol. The van der Waals surface area contributed by atoms with Gasteiger partial charge in [-0.3, -0.25) is 4.79 Å². The predicted octanol–water partition coefficient (Wildman–Crippen LogP) is 2.00. The summed E-state index contributed by atoms with van der Waals surface area (Å²) in [6.45, 7) is 6.26. The molecule has 0 radical (unpaired) electrons. The van der Waals surface area contributed by atoms with Crippen LogP contribution in [0.5, 0.6) is 0 Å². The van der Waals surface area contributed by atoms with Gasteiger partial charge < -0.3 is 5.73 Å². The van der Waals surface area contributed by atoms with Crippen molar-refractivity contribution in [3.8, 4) is 0 Å². The smallest absolute Gasteiger partial charge is 0.260 e. The molecule has 0 aromatic carbocycles. The molecular formula is C10H16N2OS. The molecule has 0 aliphatic rings. The van der Waals surface area contributed by atoms with Crippen LogP contribution in [0, 0.1) is 5.92 Å². The molecule has 1 aromatic rings. The second kappa shape index (κ2) is 4.55. The Morgan fingerprint density at radius 1 is 1.57 bits per heavy atom. The summed E-state index contributed by atoms with van der Waals surface area (Å²) in [7, 11) is 0. The number of hydrogen-bond acceptors (Lipinski definition) is 3. The average molecular weight is 212 g/mol. The maximum Gasteiger partial charge on any atom is 0.260 e. The number of hydrogen-bond donors (Lipinski definition) is 1. The van der Waals surface area contributed by atoms with Crippen molar-refractivity contribution in [1.29, 1.82) is 0 Å². The van der Waals surface area contributed by atoms with Gasteiger partial charge in [-0.1, -0.05) is 20.8 Å². The van der Waals surface area contributed by atoms with Gasteiger partial charge in [0.15, 0.2) is 0 Å². The molecule has 4 heteroatoms. The maximum absolute atomic E-state index is 11.1. The Balaban J connectivity index is 2.94. The Hall–Kier alpha value is -0.900. The number of aromatic nitrogens is 1. The van der Waals surface area contributed by atoms with E-state index in [2.05, 4.69) is 18.8 Å². The predicted molar refractivity (Wildman–Crippen MR) is 58.6 cm³/mol. The Bertz CT molecular complexity index is 331. The zero-order valence-corrected chi connectivity index (χ0v) is 9.65. The first kappa shape index (κ1) is 11.2. The lowest BCUT2D eigenvalue weighted by Crippen LogP contribution is -2.11. The van der Waals surface area contributed by atoms with E-state index in [0.717, 1.165) is 23.5 Å². The van der Waals surface area contributed by atoms with Crippen LogP contribution in [-0.2, 0) is 12.8 Å². The molecule has 2 N–H and O–H groups in total. The summed E-state index contributed by atoms with van der Waals surface area (Å²) in [6, 6.07) is 0. The van der Waals surface area contributed by atoms with E-state index < -0.39 is 0 Å². The molecule has 3 nitrogen and oxygen atoms in total. The van der Waals surface area contributed by atoms with Crippen LogP contribution in [0.4, 0.5) is 0 Å². The van der Waals surface area contributed by atoms with E-state index in [4.69, 9.17) is 5.73 Å². The summed E-state index contributed by atoms with van der Waals surface area (Å²) >= 11 is 1.43. The lowest BCUT2D eigenvalue weighted by molar-refractivity contribution is 0.100. The highest BCUT2D eigenvalue weighted by Crippen LogP contribution is 2.21. The Morgan fingerprint density at radius 3 is 2.57 bits per heavy atom. The van der Waals surface area contributed by atoms with Crippen LogP contribution in [-0.4, -0.2) is 10.9 Å². The fourth-order valence-corrected chi connectivity index (χ4v) is 2.49. The molecule has 1 rings (SSSR count). The summed E-state index contributed by atoms with van der Waals surface area (Å²) in [5, 5.41) is 1.02. The van der Waals surface area contributed by atoms with Crippen molar-refractivity contribution in [2.75, 3.05) is 0 Å². The van der Waals surface area contributed by atoms with Crippen molar-refractivity contribution in [2.24, 2.45) is 11.7 Å². The summed E-state index contributed by atoms with van der Waals surface area (Å²) in [5.41, 5.74) is 6.11. The maximum atomic E-state index is 11.1. The van der Waals surface area contributed by atoms with Gasteiger partial charge in [-0.2, -0.15) is 0 Å². The number of nitrogens with zero attached hydrogens (tertiary/aromatic N) is 1. The molecular weight excluding hydrogens is 196 g/mol. The SMILES string of the molecule is CCc1nc(CC(C)C)sc1C(N)=O. The third-order valence-corrected chi connectivity index (χ3v) is 3.02. The molecule has 0 atom stereocenters. The third-order valence-electron chi connectivity index (χ3n) is 1.88. The van der Waals surface area contributed by atoms with E-state index in [1.165, 1.54) is 11.3 Å². The van der Waals surface area contributed by atoms with Crippen molar-refractivity contribution >= 4 is 17.2 Å². The first-order chi connectivity index (χ1) is 6.54. The number of carbonyl (C=O) groups is 1. The van der Waals surface area contributed by atoms with Gasteiger partial charge in [0, 0.05) is 6.42 Å². The van der Waals surface area contributed by atoms with Crippen LogP contribution in [0.2, 0.25) is 0 Å². The highest BCUT2D eigenvalue weighted by atomic mass is 32.1. The average Bonchev–Trinajstić information content (AvgIpc) is 2.46. The zero-order chi connectivity index (χ0) is 10.7. The van der Waals surface area contributed by atoms with Gasteiger partial charge >= 0.3 is 0 Å². The quantitative estimate of drug-likeness (QED) is 0.830. The van der Waals surface area contributed by atoms with Crippen LogP contribution in [0.3, 0.4) is 0 Å². The van der Waals surface area contributed by atoms with Gasteiger partial charge in [0.25, 0.3) is 5.91 Å². The number of thiazole rings is 1. The lowest BCUT2D eigenvalue weighted by Gasteiger charge is -1.98. The summed E-state index contributed by atoms with van der Waals surface area (Å²) < 4.78 is 0. The molecule has 1 heterocycles. The normalized spacial score (nSPS) is 10.9. The van der Waals surface area contributed by atoms with Crippen LogP contribution in [0.25, 0.3) is 0 Å². The number of aryl methyl sites for hydroxylation is 1. The molecule has 1 aromatic heterocycles. The second-order valence-electron chi connectivity index (χ2n) is 3.70. The van der Waals surface area contributed by atoms with Crippen molar-refractivity contribution < 1.29 is 4.79 Å². The molecule has 78 valence electrons. The van der Waals surface area contributed by atoms with Crippen molar-refractivity contribution in [3.05, 3.63) is 15.6 Å². The van der Waals surface area contributed by atoms with E-state index in [1.54, 1.807) is 0 Å². The molecule has 1 amide bonds.